The number of imidazole rings is 1. The van der Waals surface area contributed by atoms with Crippen molar-refractivity contribution in [3.05, 3.63) is 35.9 Å². The predicted molar refractivity (Wildman–Crippen MR) is 75.0 cm³/mol. The quantitative estimate of drug-likeness (QED) is 0.858. The molecule has 100 valence electrons. The van der Waals surface area contributed by atoms with E-state index in [1.54, 1.807) is 12.4 Å². The van der Waals surface area contributed by atoms with Gasteiger partial charge in [-0.25, -0.2) is 4.98 Å². The maximum absolute atomic E-state index is 12.4. The molecule has 2 rings (SSSR count). The summed E-state index contributed by atoms with van der Waals surface area (Å²) in [4.78, 5) is 24.2. The van der Waals surface area contributed by atoms with Gasteiger partial charge in [0.1, 0.15) is 11.5 Å². The number of pyridine rings is 1. The Labute approximate surface area is 113 Å². The van der Waals surface area contributed by atoms with Gasteiger partial charge in [-0.15, -0.1) is 0 Å². The molecule has 0 aromatic carbocycles. The molecule has 0 fully saturated rings. The Balaban J connectivity index is 2.47. The summed E-state index contributed by atoms with van der Waals surface area (Å²) in [6.45, 7) is 7.74. The molecule has 0 atom stereocenters. The minimum Gasteiger partial charge on any atom is -0.341 e. The smallest absolute Gasteiger partial charge is 0.188 e. The number of hydrogen-bond acceptors (Lipinski definition) is 3. The Morgan fingerprint density at radius 1 is 1.37 bits per heavy atom. The summed E-state index contributed by atoms with van der Waals surface area (Å²) in [5, 5.41) is 0. The summed E-state index contributed by atoms with van der Waals surface area (Å²) in [5.41, 5.74) is 1.91. The van der Waals surface area contributed by atoms with Crippen molar-refractivity contribution >= 4 is 5.78 Å². The van der Waals surface area contributed by atoms with Crippen molar-refractivity contribution in [3.8, 4) is 11.4 Å². The third-order valence-electron chi connectivity index (χ3n) is 2.96. The Morgan fingerprint density at radius 2 is 2.11 bits per heavy atom. The largest absolute Gasteiger partial charge is 0.341 e. The zero-order valence-corrected chi connectivity index (χ0v) is 11.8. The number of aromatic amines is 1. The van der Waals surface area contributed by atoms with Crippen molar-refractivity contribution in [1.29, 1.82) is 0 Å². The molecule has 0 aliphatic rings. The van der Waals surface area contributed by atoms with E-state index >= 15 is 0 Å². The van der Waals surface area contributed by atoms with E-state index in [0.717, 1.165) is 17.7 Å². The van der Waals surface area contributed by atoms with Gasteiger partial charge in [-0.3, -0.25) is 9.78 Å². The molecule has 2 heterocycles. The molecule has 4 nitrogen and oxygen atoms in total. The third-order valence-corrected chi connectivity index (χ3v) is 2.96. The Morgan fingerprint density at radius 3 is 2.63 bits per heavy atom. The van der Waals surface area contributed by atoms with Crippen LogP contribution in [0.4, 0.5) is 0 Å². The molecule has 2 aromatic heterocycles. The molecule has 4 heteroatoms. The Hall–Kier alpha value is -1.97. The van der Waals surface area contributed by atoms with Crippen molar-refractivity contribution in [2.45, 2.75) is 34.1 Å². The van der Waals surface area contributed by atoms with Crippen LogP contribution in [0.3, 0.4) is 0 Å². The molecule has 0 spiro atoms. The number of carbonyl (C=O) groups excluding carboxylic acids is 1. The van der Waals surface area contributed by atoms with Crippen LogP contribution in [0, 0.1) is 5.41 Å². The maximum Gasteiger partial charge on any atom is 0.188 e. The number of carbonyl (C=O) groups is 1. The Bertz CT molecular complexity index is 579. The van der Waals surface area contributed by atoms with Crippen molar-refractivity contribution in [2.75, 3.05) is 0 Å². The van der Waals surface area contributed by atoms with Crippen LogP contribution in [0.25, 0.3) is 11.4 Å². The van der Waals surface area contributed by atoms with Crippen LogP contribution in [0.1, 0.15) is 43.9 Å². The number of ketones is 1. The fourth-order valence-corrected chi connectivity index (χ4v) is 1.85. The van der Waals surface area contributed by atoms with Crippen LogP contribution in [0.15, 0.2) is 24.5 Å². The standard InChI is InChI=1S/C15H19N3O/c1-5-11-12(13(19)15(2,3)4)18-14(17-11)10-7-6-8-16-9-10/h6-9H,5H2,1-4H3,(H,17,18). The zero-order chi connectivity index (χ0) is 14.0. The van der Waals surface area contributed by atoms with Gasteiger partial charge in [0.2, 0.25) is 0 Å². The number of Topliss-reactive ketones (excluding diaryl/α,β-unsaturated/α-hetero) is 1. The molecule has 0 unspecified atom stereocenters. The van der Waals surface area contributed by atoms with Crippen LogP contribution in [-0.2, 0) is 6.42 Å². The molecule has 2 aromatic rings. The van der Waals surface area contributed by atoms with E-state index in [9.17, 15) is 4.79 Å². The lowest BCUT2D eigenvalue weighted by molar-refractivity contribution is 0.0852. The number of aryl methyl sites for hydroxylation is 1. The number of rotatable bonds is 3. The lowest BCUT2D eigenvalue weighted by Gasteiger charge is -2.15. The van der Waals surface area contributed by atoms with Crippen molar-refractivity contribution in [3.63, 3.8) is 0 Å². The topological polar surface area (TPSA) is 58.6 Å². The molecule has 0 saturated heterocycles. The highest BCUT2D eigenvalue weighted by Gasteiger charge is 2.27. The van der Waals surface area contributed by atoms with Crippen LogP contribution in [0.2, 0.25) is 0 Å². The first-order valence-electron chi connectivity index (χ1n) is 6.47. The summed E-state index contributed by atoms with van der Waals surface area (Å²) < 4.78 is 0. The fraction of sp³-hybridized carbons (Fsp3) is 0.400. The second-order valence-corrected chi connectivity index (χ2v) is 5.59. The van der Waals surface area contributed by atoms with Crippen LogP contribution >= 0.6 is 0 Å². The van der Waals surface area contributed by atoms with Crippen LogP contribution < -0.4 is 0 Å². The average molecular weight is 257 g/mol. The van der Waals surface area contributed by atoms with Crippen molar-refractivity contribution in [1.82, 2.24) is 15.0 Å². The summed E-state index contributed by atoms with van der Waals surface area (Å²) in [6.07, 6.45) is 4.21. The summed E-state index contributed by atoms with van der Waals surface area (Å²) in [5.74, 6) is 0.772. The van der Waals surface area contributed by atoms with Gasteiger partial charge in [0.15, 0.2) is 5.78 Å². The normalized spacial score (nSPS) is 11.6. The highest BCUT2D eigenvalue weighted by Crippen LogP contribution is 2.25. The van der Waals surface area contributed by atoms with E-state index in [1.165, 1.54) is 0 Å². The summed E-state index contributed by atoms with van der Waals surface area (Å²) in [7, 11) is 0. The summed E-state index contributed by atoms with van der Waals surface area (Å²) >= 11 is 0. The van der Waals surface area contributed by atoms with Gasteiger partial charge in [0.05, 0.1) is 0 Å². The second kappa shape index (κ2) is 4.96. The number of hydrogen-bond donors (Lipinski definition) is 1. The van der Waals surface area contributed by atoms with Gasteiger partial charge in [0, 0.05) is 29.1 Å². The predicted octanol–water partition coefficient (Wildman–Crippen LogP) is 3.26. The summed E-state index contributed by atoms with van der Waals surface area (Å²) in [6, 6.07) is 3.78. The van der Waals surface area contributed by atoms with E-state index in [-0.39, 0.29) is 5.78 Å². The number of H-pyrrole nitrogens is 1. The second-order valence-electron chi connectivity index (χ2n) is 5.59. The Kier molecular flexibility index (Phi) is 3.51. The van der Waals surface area contributed by atoms with E-state index in [2.05, 4.69) is 15.0 Å². The minimum absolute atomic E-state index is 0.0655. The first-order valence-corrected chi connectivity index (χ1v) is 6.47. The highest BCUT2D eigenvalue weighted by molar-refractivity contribution is 5.99. The minimum atomic E-state index is -0.425. The van der Waals surface area contributed by atoms with Gasteiger partial charge < -0.3 is 4.98 Å². The number of aromatic nitrogens is 3. The molecule has 0 radical (unpaired) electrons. The van der Waals surface area contributed by atoms with E-state index in [0.29, 0.717) is 11.5 Å². The first kappa shape index (κ1) is 13.5. The molecular formula is C15H19N3O. The molecule has 0 saturated carbocycles. The van der Waals surface area contributed by atoms with Gasteiger partial charge in [-0.1, -0.05) is 27.7 Å². The fourth-order valence-electron chi connectivity index (χ4n) is 1.85. The van der Waals surface area contributed by atoms with Crippen LogP contribution in [-0.4, -0.2) is 20.7 Å². The van der Waals surface area contributed by atoms with Gasteiger partial charge in [0.25, 0.3) is 0 Å². The monoisotopic (exact) mass is 257 g/mol. The molecule has 0 amide bonds. The molecular weight excluding hydrogens is 238 g/mol. The lowest BCUT2D eigenvalue weighted by atomic mass is 9.88. The number of nitrogens with one attached hydrogen (secondary N) is 1. The third kappa shape index (κ3) is 2.72. The average Bonchev–Trinajstić information content (AvgIpc) is 2.81. The zero-order valence-electron chi connectivity index (χ0n) is 11.8. The first-order chi connectivity index (χ1) is 8.93. The molecule has 0 aliphatic carbocycles. The SMILES string of the molecule is CCc1[nH]c(-c2cccnc2)nc1C(=O)C(C)(C)C. The molecule has 0 aliphatic heterocycles. The molecule has 19 heavy (non-hydrogen) atoms. The lowest BCUT2D eigenvalue weighted by Crippen LogP contribution is -2.21. The van der Waals surface area contributed by atoms with E-state index < -0.39 is 5.41 Å². The highest BCUT2D eigenvalue weighted by atomic mass is 16.1. The molecule has 1 N–H and O–H groups in total. The van der Waals surface area contributed by atoms with Gasteiger partial charge in [-0.2, -0.15) is 0 Å². The van der Waals surface area contributed by atoms with Crippen molar-refractivity contribution < 1.29 is 4.79 Å². The van der Waals surface area contributed by atoms with E-state index in [4.69, 9.17) is 0 Å². The number of nitrogens with zero attached hydrogens (tertiary/aromatic N) is 2. The van der Waals surface area contributed by atoms with Crippen molar-refractivity contribution in [2.24, 2.45) is 5.41 Å². The van der Waals surface area contributed by atoms with Gasteiger partial charge in [-0.05, 0) is 18.6 Å². The van der Waals surface area contributed by atoms with Crippen LogP contribution in [0.5, 0.6) is 0 Å². The van der Waals surface area contributed by atoms with Gasteiger partial charge >= 0.3 is 0 Å². The molecule has 0 bridgehead atoms. The van der Waals surface area contributed by atoms with E-state index in [1.807, 2.05) is 39.8 Å². The maximum atomic E-state index is 12.4.